The molecule has 2 N–H and O–H groups in total. The first-order chi connectivity index (χ1) is 9.69. The molecule has 0 aromatic heterocycles. The number of nitrogens with one attached hydrogen (secondary N) is 1. The molecule has 1 aliphatic heterocycles. The van der Waals surface area contributed by atoms with Crippen molar-refractivity contribution in [2.75, 3.05) is 40.0 Å². The smallest absolute Gasteiger partial charge is 0.337 e. The molecular weight excluding hydrogens is 260 g/mol. The first kappa shape index (κ1) is 14.8. The molecule has 6 heteroatoms. The minimum absolute atomic E-state index is 0.196. The average Bonchev–Trinajstić information content (AvgIpc) is 2.97. The number of carbonyl (C=O) groups is 1. The van der Waals surface area contributed by atoms with Crippen molar-refractivity contribution < 1.29 is 19.4 Å². The van der Waals surface area contributed by atoms with Crippen molar-refractivity contribution in [3.05, 3.63) is 29.8 Å². The lowest BCUT2D eigenvalue weighted by Gasteiger charge is -2.19. The Labute approximate surface area is 118 Å². The van der Waals surface area contributed by atoms with Gasteiger partial charge < -0.3 is 19.9 Å². The van der Waals surface area contributed by atoms with Gasteiger partial charge in [-0.05, 0) is 18.2 Å². The molecule has 0 bridgehead atoms. The standard InChI is InChI=1S/C14H20N2O4/c1-19-14(18)11-3-2-4-13(7-11)20-9-12(17)8-16-6-5-15-10-16/h2-4,7,12,15,17H,5-6,8-10H2,1H3. The van der Waals surface area contributed by atoms with Gasteiger partial charge in [0.05, 0.1) is 12.7 Å². The molecule has 1 aromatic carbocycles. The maximum Gasteiger partial charge on any atom is 0.337 e. The van der Waals surface area contributed by atoms with Gasteiger partial charge in [-0.2, -0.15) is 0 Å². The Bertz CT molecular complexity index is 447. The van der Waals surface area contributed by atoms with Crippen LogP contribution in [0.15, 0.2) is 24.3 Å². The molecule has 0 spiro atoms. The molecule has 1 aliphatic rings. The predicted octanol–water partition coefficient (Wildman–Crippen LogP) is 0.0756. The van der Waals surface area contributed by atoms with Gasteiger partial charge in [0, 0.05) is 26.3 Å². The second-order valence-electron chi connectivity index (χ2n) is 4.72. The molecule has 1 unspecified atom stereocenters. The van der Waals surface area contributed by atoms with Crippen molar-refractivity contribution in [2.45, 2.75) is 6.10 Å². The van der Waals surface area contributed by atoms with E-state index in [1.807, 2.05) is 0 Å². The van der Waals surface area contributed by atoms with Crippen molar-refractivity contribution in [1.29, 1.82) is 0 Å². The SMILES string of the molecule is COC(=O)c1cccc(OCC(O)CN2CCNC2)c1. The fourth-order valence-electron chi connectivity index (χ4n) is 2.08. The molecule has 0 radical (unpaired) electrons. The summed E-state index contributed by atoms with van der Waals surface area (Å²) >= 11 is 0. The number of benzene rings is 1. The van der Waals surface area contributed by atoms with Crippen molar-refractivity contribution in [1.82, 2.24) is 10.2 Å². The van der Waals surface area contributed by atoms with Gasteiger partial charge in [0.25, 0.3) is 0 Å². The largest absolute Gasteiger partial charge is 0.491 e. The summed E-state index contributed by atoms with van der Waals surface area (Å²) in [5.41, 5.74) is 0.434. The molecule has 0 amide bonds. The van der Waals surface area contributed by atoms with E-state index in [0.29, 0.717) is 17.9 Å². The molecule has 1 aromatic rings. The molecule has 0 saturated carbocycles. The fourth-order valence-corrected chi connectivity index (χ4v) is 2.08. The minimum Gasteiger partial charge on any atom is -0.491 e. The molecular formula is C14H20N2O4. The number of aliphatic hydroxyl groups is 1. The zero-order chi connectivity index (χ0) is 14.4. The molecule has 110 valence electrons. The molecule has 6 nitrogen and oxygen atoms in total. The highest BCUT2D eigenvalue weighted by molar-refractivity contribution is 5.89. The number of esters is 1. The summed E-state index contributed by atoms with van der Waals surface area (Å²) in [6.07, 6.45) is -0.559. The van der Waals surface area contributed by atoms with Crippen LogP contribution in [0.25, 0.3) is 0 Å². The summed E-state index contributed by atoms with van der Waals surface area (Å²) < 4.78 is 10.2. The topological polar surface area (TPSA) is 71.0 Å². The van der Waals surface area contributed by atoms with Gasteiger partial charge in [0.1, 0.15) is 18.5 Å². The number of methoxy groups -OCH3 is 1. The Hall–Kier alpha value is -1.63. The predicted molar refractivity (Wildman–Crippen MR) is 73.7 cm³/mol. The summed E-state index contributed by atoms with van der Waals surface area (Å²) in [6.45, 7) is 3.46. The Kier molecular flexibility index (Phi) is 5.34. The first-order valence-electron chi connectivity index (χ1n) is 6.61. The lowest BCUT2D eigenvalue weighted by atomic mass is 10.2. The highest BCUT2D eigenvalue weighted by atomic mass is 16.5. The van der Waals surface area contributed by atoms with Crippen LogP contribution in [-0.4, -0.2) is 62.1 Å². The lowest BCUT2D eigenvalue weighted by Crippen LogP contribution is -2.34. The molecule has 2 rings (SSSR count). The van der Waals surface area contributed by atoms with Gasteiger partial charge in [-0.25, -0.2) is 4.79 Å². The van der Waals surface area contributed by atoms with Crippen LogP contribution >= 0.6 is 0 Å². The number of nitrogens with zero attached hydrogens (tertiary/aromatic N) is 1. The van der Waals surface area contributed by atoms with E-state index in [1.54, 1.807) is 24.3 Å². The summed E-state index contributed by atoms with van der Waals surface area (Å²) in [5, 5.41) is 13.1. The molecule has 0 aliphatic carbocycles. The maximum absolute atomic E-state index is 11.4. The summed E-state index contributed by atoms with van der Waals surface area (Å²) in [4.78, 5) is 13.5. The zero-order valence-electron chi connectivity index (χ0n) is 11.5. The van der Waals surface area contributed by atoms with Gasteiger partial charge in [0.2, 0.25) is 0 Å². The first-order valence-corrected chi connectivity index (χ1v) is 6.61. The number of hydrogen-bond donors (Lipinski definition) is 2. The number of hydrogen-bond acceptors (Lipinski definition) is 6. The van der Waals surface area contributed by atoms with Crippen molar-refractivity contribution in [3.8, 4) is 5.75 Å². The highest BCUT2D eigenvalue weighted by Gasteiger charge is 2.16. The Morgan fingerprint density at radius 3 is 3.10 bits per heavy atom. The molecule has 1 saturated heterocycles. The van der Waals surface area contributed by atoms with Gasteiger partial charge in [-0.1, -0.05) is 6.07 Å². The van der Waals surface area contributed by atoms with E-state index in [4.69, 9.17) is 4.74 Å². The lowest BCUT2D eigenvalue weighted by molar-refractivity contribution is 0.0599. The molecule has 20 heavy (non-hydrogen) atoms. The van der Waals surface area contributed by atoms with Crippen LogP contribution in [0.4, 0.5) is 0 Å². The van der Waals surface area contributed by atoms with Crippen molar-refractivity contribution in [2.24, 2.45) is 0 Å². The minimum atomic E-state index is -0.559. The summed E-state index contributed by atoms with van der Waals surface area (Å²) in [7, 11) is 1.34. The Balaban J connectivity index is 1.82. The number of β-amino-alcohol motifs (C(OH)–C–C–N with tert-alkyl or cyclic N) is 1. The number of carbonyl (C=O) groups excluding carboxylic acids is 1. The summed E-state index contributed by atoms with van der Waals surface area (Å²) in [5.74, 6) is 0.144. The Morgan fingerprint density at radius 1 is 1.55 bits per heavy atom. The molecule has 1 fully saturated rings. The normalized spacial score (nSPS) is 16.9. The third kappa shape index (κ3) is 4.19. The summed E-state index contributed by atoms with van der Waals surface area (Å²) in [6, 6.07) is 6.73. The van der Waals surface area contributed by atoms with Crippen molar-refractivity contribution in [3.63, 3.8) is 0 Å². The molecule has 1 heterocycles. The van der Waals surface area contributed by atoms with Crippen LogP contribution in [-0.2, 0) is 4.74 Å². The third-order valence-electron chi connectivity index (χ3n) is 3.11. The number of aliphatic hydroxyl groups excluding tert-OH is 1. The van der Waals surface area contributed by atoms with Crippen molar-refractivity contribution >= 4 is 5.97 Å². The second kappa shape index (κ2) is 7.23. The van der Waals surface area contributed by atoms with Gasteiger partial charge in [-0.3, -0.25) is 4.90 Å². The highest BCUT2D eigenvalue weighted by Crippen LogP contribution is 2.14. The van der Waals surface area contributed by atoms with E-state index in [0.717, 1.165) is 19.8 Å². The van der Waals surface area contributed by atoms with Crippen LogP contribution in [0.1, 0.15) is 10.4 Å². The van der Waals surface area contributed by atoms with Crippen LogP contribution in [0.2, 0.25) is 0 Å². The Morgan fingerprint density at radius 2 is 2.40 bits per heavy atom. The zero-order valence-corrected chi connectivity index (χ0v) is 11.5. The quantitative estimate of drug-likeness (QED) is 0.719. The second-order valence-corrected chi connectivity index (χ2v) is 4.72. The number of rotatable bonds is 6. The van der Waals surface area contributed by atoms with Gasteiger partial charge >= 0.3 is 5.97 Å². The van der Waals surface area contributed by atoms with Gasteiger partial charge in [0.15, 0.2) is 0 Å². The average molecular weight is 280 g/mol. The van der Waals surface area contributed by atoms with E-state index in [1.165, 1.54) is 7.11 Å². The van der Waals surface area contributed by atoms with Crippen LogP contribution in [0, 0.1) is 0 Å². The van der Waals surface area contributed by atoms with E-state index in [2.05, 4.69) is 15.0 Å². The van der Waals surface area contributed by atoms with E-state index in [-0.39, 0.29) is 6.61 Å². The fraction of sp³-hybridized carbons (Fsp3) is 0.500. The maximum atomic E-state index is 11.4. The van der Waals surface area contributed by atoms with E-state index in [9.17, 15) is 9.90 Å². The third-order valence-corrected chi connectivity index (χ3v) is 3.11. The van der Waals surface area contributed by atoms with Gasteiger partial charge in [-0.15, -0.1) is 0 Å². The van der Waals surface area contributed by atoms with E-state index >= 15 is 0 Å². The molecule has 1 atom stereocenters. The van der Waals surface area contributed by atoms with Crippen LogP contribution in [0.3, 0.4) is 0 Å². The monoisotopic (exact) mass is 280 g/mol. The van der Waals surface area contributed by atoms with E-state index < -0.39 is 12.1 Å². The number of ether oxygens (including phenoxy) is 2. The van der Waals surface area contributed by atoms with Crippen LogP contribution in [0.5, 0.6) is 5.75 Å². The van der Waals surface area contributed by atoms with Crippen LogP contribution < -0.4 is 10.1 Å².